The molecular formula is C15H24N2OS. The first kappa shape index (κ1) is 14.5. The number of rotatable bonds is 5. The second-order valence-electron chi connectivity index (χ2n) is 5.62. The largest absolute Gasteiger partial charge is 0.348 e. The highest BCUT2D eigenvalue weighted by Gasteiger charge is 2.27. The summed E-state index contributed by atoms with van der Waals surface area (Å²) in [6.07, 6.45) is 8.12. The Bertz CT molecular complexity index is 430. The van der Waals surface area contributed by atoms with Crippen molar-refractivity contribution in [1.29, 1.82) is 0 Å². The van der Waals surface area contributed by atoms with Gasteiger partial charge >= 0.3 is 0 Å². The molecule has 3 nitrogen and oxygen atoms in total. The molecule has 1 aromatic rings. The van der Waals surface area contributed by atoms with Gasteiger partial charge in [0.05, 0.1) is 10.6 Å². The lowest BCUT2D eigenvalue weighted by atomic mass is 9.85. The van der Waals surface area contributed by atoms with Gasteiger partial charge in [-0.3, -0.25) is 4.79 Å². The molecule has 2 rings (SSSR count). The predicted octanol–water partition coefficient (Wildman–Crippen LogP) is 3.92. The first-order valence-corrected chi connectivity index (χ1v) is 8.16. The first-order valence-electron chi connectivity index (χ1n) is 7.35. The van der Waals surface area contributed by atoms with E-state index < -0.39 is 0 Å². The summed E-state index contributed by atoms with van der Waals surface area (Å²) in [6, 6.07) is 0.578. The molecule has 1 saturated carbocycles. The Morgan fingerprint density at radius 3 is 2.79 bits per heavy atom. The second kappa shape index (κ2) is 6.51. The summed E-state index contributed by atoms with van der Waals surface area (Å²) >= 11 is 1.55. The van der Waals surface area contributed by atoms with Crippen LogP contribution >= 0.6 is 11.3 Å². The van der Waals surface area contributed by atoms with Gasteiger partial charge in [-0.2, -0.15) is 0 Å². The van der Waals surface area contributed by atoms with Crippen molar-refractivity contribution in [2.75, 3.05) is 11.9 Å². The second-order valence-corrected chi connectivity index (χ2v) is 6.62. The minimum Gasteiger partial charge on any atom is -0.348 e. The minimum absolute atomic E-state index is 0.578. The quantitative estimate of drug-likeness (QED) is 0.766. The number of aldehydes is 1. The van der Waals surface area contributed by atoms with Crippen molar-refractivity contribution >= 4 is 22.8 Å². The number of aryl methyl sites for hydroxylation is 1. The van der Waals surface area contributed by atoms with Crippen LogP contribution in [0.5, 0.6) is 0 Å². The van der Waals surface area contributed by atoms with Crippen molar-refractivity contribution in [3.05, 3.63) is 10.6 Å². The summed E-state index contributed by atoms with van der Waals surface area (Å²) in [4.78, 5) is 18.9. The van der Waals surface area contributed by atoms with E-state index in [0.717, 1.165) is 40.7 Å². The molecule has 0 radical (unpaired) electrons. The Morgan fingerprint density at radius 2 is 2.16 bits per heavy atom. The maximum atomic E-state index is 11.1. The van der Waals surface area contributed by atoms with Crippen LogP contribution in [0.2, 0.25) is 0 Å². The van der Waals surface area contributed by atoms with Crippen LogP contribution in [0.25, 0.3) is 0 Å². The zero-order chi connectivity index (χ0) is 13.8. The molecule has 4 heteroatoms. The van der Waals surface area contributed by atoms with E-state index in [2.05, 4.69) is 25.8 Å². The normalized spacial score (nSPS) is 23.3. The molecule has 19 heavy (non-hydrogen) atoms. The zero-order valence-electron chi connectivity index (χ0n) is 12.2. The molecular weight excluding hydrogens is 256 g/mol. The van der Waals surface area contributed by atoms with E-state index in [1.165, 1.54) is 25.7 Å². The highest BCUT2D eigenvalue weighted by molar-refractivity contribution is 7.17. The highest BCUT2D eigenvalue weighted by Crippen LogP contribution is 2.33. The van der Waals surface area contributed by atoms with E-state index in [1.54, 1.807) is 11.3 Å². The van der Waals surface area contributed by atoms with Gasteiger partial charge in [0.1, 0.15) is 0 Å². The molecule has 1 aromatic heterocycles. The van der Waals surface area contributed by atoms with E-state index >= 15 is 0 Å². The number of nitrogens with zero attached hydrogens (tertiary/aromatic N) is 2. The molecule has 0 amide bonds. The smallest absolute Gasteiger partial charge is 0.186 e. The average molecular weight is 280 g/mol. The van der Waals surface area contributed by atoms with E-state index in [0.29, 0.717) is 6.04 Å². The van der Waals surface area contributed by atoms with Crippen molar-refractivity contribution in [3.8, 4) is 0 Å². The maximum absolute atomic E-state index is 11.1. The highest BCUT2D eigenvalue weighted by atomic mass is 32.1. The van der Waals surface area contributed by atoms with Gasteiger partial charge in [-0.05, 0) is 25.2 Å². The third-order valence-electron chi connectivity index (χ3n) is 4.18. The Balaban J connectivity index is 2.18. The van der Waals surface area contributed by atoms with Gasteiger partial charge in [-0.1, -0.05) is 44.4 Å². The minimum atomic E-state index is 0.578. The number of anilines is 1. The van der Waals surface area contributed by atoms with E-state index in [1.807, 2.05) is 0 Å². The fourth-order valence-electron chi connectivity index (χ4n) is 3.02. The number of carbonyl (C=O) groups is 1. The maximum Gasteiger partial charge on any atom is 0.186 e. The summed E-state index contributed by atoms with van der Waals surface area (Å²) in [5.41, 5.74) is 0.979. The zero-order valence-corrected chi connectivity index (χ0v) is 13.0. The fraction of sp³-hybridized carbons (Fsp3) is 0.733. The van der Waals surface area contributed by atoms with Crippen molar-refractivity contribution in [2.24, 2.45) is 5.92 Å². The van der Waals surface area contributed by atoms with Crippen molar-refractivity contribution < 1.29 is 4.79 Å². The van der Waals surface area contributed by atoms with Gasteiger partial charge in [0.15, 0.2) is 11.4 Å². The molecule has 0 saturated heterocycles. The SMILES string of the molecule is CCCc1nc(N(C)C2CCCCC2C)sc1C=O. The van der Waals surface area contributed by atoms with Gasteiger partial charge in [0.25, 0.3) is 0 Å². The van der Waals surface area contributed by atoms with Crippen LogP contribution < -0.4 is 4.90 Å². The number of aromatic nitrogens is 1. The topological polar surface area (TPSA) is 33.2 Å². The van der Waals surface area contributed by atoms with Crippen molar-refractivity contribution in [1.82, 2.24) is 4.98 Å². The van der Waals surface area contributed by atoms with Gasteiger partial charge in [-0.15, -0.1) is 0 Å². The third-order valence-corrected chi connectivity index (χ3v) is 5.29. The van der Waals surface area contributed by atoms with Crippen LogP contribution in [0.4, 0.5) is 5.13 Å². The van der Waals surface area contributed by atoms with E-state index in [4.69, 9.17) is 4.98 Å². The van der Waals surface area contributed by atoms with Crippen LogP contribution in [0.3, 0.4) is 0 Å². The monoisotopic (exact) mass is 280 g/mol. The number of hydrogen-bond acceptors (Lipinski definition) is 4. The van der Waals surface area contributed by atoms with Crippen LogP contribution in [0, 0.1) is 5.92 Å². The average Bonchev–Trinajstić information content (AvgIpc) is 2.82. The molecule has 106 valence electrons. The molecule has 0 aromatic carbocycles. The standard InChI is InChI=1S/C15H24N2OS/c1-4-7-12-14(10-18)19-15(16-12)17(3)13-9-6-5-8-11(13)2/h10-11,13H,4-9H2,1-3H3. The Kier molecular flexibility index (Phi) is 4.97. The van der Waals surface area contributed by atoms with Crippen molar-refractivity contribution in [3.63, 3.8) is 0 Å². The third kappa shape index (κ3) is 3.16. The lowest BCUT2D eigenvalue weighted by Crippen LogP contribution is -2.38. The molecule has 1 fully saturated rings. The van der Waals surface area contributed by atoms with Gasteiger partial charge in [-0.25, -0.2) is 4.98 Å². The molecule has 1 heterocycles. The fourth-order valence-corrected chi connectivity index (χ4v) is 3.97. The molecule has 1 aliphatic rings. The van der Waals surface area contributed by atoms with Crippen LogP contribution in [0.1, 0.15) is 61.3 Å². The van der Waals surface area contributed by atoms with E-state index in [9.17, 15) is 4.79 Å². The number of thiazole rings is 1. The predicted molar refractivity (Wildman–Crippen MR) is 81.3 cm³/mol. The molecule has 0 spiro atoms. The Labute approximate surface area is 120 Å². The number of carbonyl (C=O) groups excluding carboxylic acids is 1. The summed E-state index contributed by atoms with van der Waals surface area (Å²) in [6.45, 7) is 4.46. The summed E-state index contributed by atoms with van der Waals surface area (Å²) in [7, 11) is 2.13. The molecule has 1 aliphatic carbocycles. The summed E-state index contributed by atoms with van der Waals surface area (Å²) in [5, 5.41) is 1.02. The van der Waals surface area contributed by atoms with Crippen LogP contribution in [-0.2, 0) is 6.42 Å². The van der Waals surface area contributed by atoms with Crippen molar-refractivity contribution in [2.45, 2.75) is 58.4 Å². The Hall–Kier alpha value is -0.900. The molecule has 2 unspecified atom stereocenters. The van der Waals surface area contributed by atoms with Crippen LogP contribution in [-0.4, -0.2) is 24.4 Å². The summed E-state index contributed by atoms with van der Waals surface area (Å²) < 4.78 is 0. The number of hydrogen-bond donors (Lipinski definition) is 0. The molecule has 2 atom stereocenters. The van der Waals surface area contributed by atoms with E-state index in [-0.39, 0.29) is 0 Å². The molecule has 0 bridgehead atoms. The molecule has 0 N–H and O–H groups in total. The lowest BCUT2D eigenvalue weighted by Gasteiger charge is -2.36. The van der Waals surface area contributed by atoms with Crippen LogP contribution in [0.15, 0.2) is 0 Å². The van der Waals surface area contributed by atoms with Gasteiger partial charge in [0, 0.05) is 13.1 Å². The Morgan fingerprint density at radius 1 is 1.42 bits per heavy atom. The van der Waals surface area contributed by atoms with Gasteiger partial charge < -0.3 is 4.90 Å². The van der Waals surface area contributed by atoms with Gasteiger partial charge in [0.2, 0.25) is 0 Å². The molecule has 0 aliphatic heterocycles. The first-order chi connectivity index (χ1) is 9.17. The lowest BCUT2D eigenvalue weighted by molar-refractivity contribution is 0.112. The summed E-state index contributed by atoms with van der Waals surface area (Å²) in [5.74, 6) is 0.719.